The molecular weight excluding hydrogens is 1040 g/mol. The lowest BCUT2D eigenvalue weighted by atomic mass is 9.77. The Bertz CT molecular complexity index is 4740. The van der Waals surface area contributed by atoms with E-state index in [0.717, 1.165) is 104 Å². The summed E-state index contributed by atoms with van der Waals surface area (Å²) in [5.41, 5.74) is 24.5. The van der Waals surface area contributed by atoms with Crippen molar-refractivity contribution >= 4 is 88.4 Å². The molecule has 1 N–H and O–H groups in total. The van der Waals surface area contributed by atoms with Gasteiger partial charge in [0.05, 0.1) is 34.1 Å². The number of hydrogen-bond donors (Lipinski definition) is 1. The van der Waals surface area contributed by atoms with Crippen LogP contribution in [-0.4, -0.2) is 5.11 Å². The highest BCUT2D eigenvalue weighted by atomic mass is 16.3. The van der Waals surface area contributed by atoms with Crippen LogP contribution >= 0.6 is 0 Å². The smallest absolute Gasteiger partial charge is 0.159 e. The van der Waals surface area contributed by atoms with E-state index in [0.29, 0.717) is 11.8 Å². The molecule has 1 heterocycles. The summed E-state index contributed by atoms with van der Waals surface area (Å²) in [4.78, 5) is 5.02. The van der Waals surface area contributed by atoms with Gasteiger partial charge in [0.2, 0.25) is 0 Å². The van der Waals surface area contributed by atoms with E-state index in [4.69, 9.17) is 4.42 Å². The molecule has 2 aliphatic carbocycles. The Labute approximate surface area is 506 Å². The van der Waals surface area contributed by atoms with Crippen molar-refractivity contribution in [1.29, 1.82) is 0 Å². The van der Waals surface area contributed by atoms with Gasteiger partial charge in [-0.15, -0.1) is 0 Å². The average Bonchev–Trinajstić information content (AvgIpc) is 0.767. The molecule has 4 nitrogen and oxygen atoms in total. The third-order valence-corrected chi connectivity index (χ3v) is 19.9. The fourth-order valence-corrected chi connectivity index (χ4v) is 15.7. The third kappa shape index (κ3) is 8.85. The van der Waals surface area contributed by atoms with Crippen LogP contribution in [0.25, 0.3) is 87.6 Å². The Balaban J connectivity index is 1.04. The van der Waals surface area contributed by atoms with Crippen LogP contribution in [-0.2, 0) is 0 Å². The number of anilines is 6. The number of phenols is 1. The lowest BCUT2D eigenvalue weighted by Gasteiger charge is -2.35. The zero-order valence-electron chi connectivity index (χ0n) is 50.5. The van der Waals surface area contributed by atoms with Crippen LogP contribution in [0.1, 0.15) is 121 Å². The lowest BCUT2D eigenvalue weighted by Crippen LogP contribution is -2.16. The first-order valence-corrected chi connectivity index (χ1v) is 31.6. The highest BCUT2D eigenvalue weighted by Gasteiger charge is 2.33. The topological polar surface area (TPSA) is 39.9 Å². The molecule has 0 radical (unpaired) electrons. The number of furan rings is 1. The summed E-state index contributed by atoms with van der Waals surface area (Å²) < 4.78 is 7.44. The van der Waals surface area contributed by atoms with Crippen molar-refractivity contribution in [2.45, 2.75) is 118 Å². The van der Waals surface area contributed by atoms with E-state index in [1.165, 1.54) is 127 Å². The summed E-state index contributed by atoms with van der Waals surface area (Å²) >= 11 is 0. The van der Waals surface area contributed by atoms with Gasteiger partial charge in [-0.2, -0.15) is 0 Å². The van der Waals surface area contributed by atoms with Crippen LogP contribution in [0.2, 0.25) is 0 Å². The van der Waals surface area contributed by atoms with Crippen LogP contribution in [0.5, 0.6) is 5.75 Å². The molecule has 2 saturated carbocycles. The van der Waals surface area contributed by atoms with E-state index in [9.17, 15) is 5.11 Å². The largest absolute Gasteiger partial charge is 0.505 e. The van der Waals surface area contributed by atoms with Gasteiger partial charge in [-0.3, -0.25) is 0 Å². The molecule has 86 heavy (non-hydrogen) atoms. The number of rotatable bonds is 11. The minimum absolute atomic E-state index is 0.263. The van der Waals surface area contributed by atoms with Crippen molar-refractivity contribution in [1.82, 2.24) is 0 Å². The molecule has 15 rings (SSSR count). The molecule has 0 spiro atoms. The summed E-state index contributed by atoms with van der Waals surface area (Å²) in [6, 6.07) is 74.1. The first kappa shape index (κ1) is 53.6. The van der Waals surface area contributed by atoms with Crippen molar-refractivity contribution in [3.8, 4) is 39.1 Å². The van der Waals surface area contributed by atoms with Crippen LogP contribution in [0, 0.1) is 41.5 Å². The number of fused-ring (bicyclic) bond motifs is 3. The molecule has 0 aliphatic heterocycles. The SMILES string of the molecule is Cc1ccccc1-c1cccc(-c2cccc(N(c3c(C)cccc3C)c3cc(C4CCCCC4)c4ccc5c(N(c6c(C)cccc6C)c6cccc7c6oc6c(-c8ccccc8C)cccc67)cc(C6CCCCC6)c6ccc3c4c65)c2O)c1. The Morgan fingerprint density at radius 1 is 0.326 bits per heavy atom. The third-order valence-electron chi connectivity index (χ3n) is 19.9. The summed E-state index contributed by atoms with van der Waals surface area (Å²) in [5, 5.41) is 23.2. The first-order chi connectivity index (χ1) is 42.1. The second-order valence-electron chi connectivity index (χ2n) is 25.2. The molecule has 2 aliphatic rings. The predicted octanol–water partition coefficient (Wildman–Crippen LogP) is 24.1. The number of aromatic hydroxyl groups is 1. The highest BCUT2D eigenvalue weighted by molar-refractivity contribution is 6.30. The first-order valence-electron chi connectivity index (χ1n) is 31.6. The number of hydrogen-bond acceptors (Lipinski definition) is 4. The van der Waals surface area contributed by atoms with Crippen molar-refractivity contribution in [3.05, 3.63) is 245 Å². The minimum atomic E-state index is 0.263. The van der Waals surface area contributed by atoms with Gasteiger partial charge in [0.15, 0.2) is 5.58 Å². The Hall–Kier alpha value is -9.12. The number of para-hydroxylation sites is 5. The fraction of sp³-hybridized carbons (Fsp3) is 0.220. The van der Waals surface area contributed by atoms with E-state index >= 15 is 0 Å². The molecule has 13 aromatic rings. The number of phenolic OH excluding ortho intramolecular Hbond substituents is 1. The molecule has 2 fully saturated rings. The van der Waals surface area contributed by atoms with E-state index < -0.39 is 0 Å². The molecule has 1 aromatic heterocycles. The van der Waals surface area contributed by atoms with Gasteiger partial charge in [-0.05, 0) is 198 Å². The van der Waals surface area contributed by atoms with Gasteiger partial charge in [0.25, 0.3) is 0 Å². The van der Waals surface area contributed by atoms with Gasteiger partial charge in [0, 0.05) is 32.7 Å². The Kier molecular flexibility index (Phi) is 13.6. The van der Waals surface area contributed by atoms with Gasteiger partial charge in [-0.1, -0.05) is 208 Å². The Morgan fingerprint density at radius 3 is 1.29 bits per heavy atom. The normalized spacial score (nSPS) is 14.3. The van der Waals surface area contributed by atoms with Crippen LogP contribution < -0.4 is 9.80 Å². The van der Waals surface area contributed by atoms with Crippen LogP contribution in [0.15, 0.2) is 205 Å². The van der Waals surface area contributed by atoms with Crippen LogP contribution in [0.3, 0.4) is 0 Å². The maximum Gasteiger partial charge on any atom is 0.159 e. The zero-order valence-corrected chi connectivity index (χ0v) is 50.5. The van der Waals surface area contributed by atoms with Crippen molar-refractivity contribution < 1.29 is 9.52 Å². The number of benzene rings is 12. The standard InChI is InChI=1S/C82H74N2O2/c1-50-23-13-15-35-60(50)58-33-19-34-59(47-58)62-37-21-41-72(80(62)85)83(78-52(3)25-17-26-53(78)4)74-48-70(56-29-9-7-10-30-56)63-44-46-69-75(49-71(57-31-11-8-12-32-57)64-43-45-68(74)76(63)77(64)69)84(79-54(5)27-18-28-55(79)6)73-42-22-40-67-66-39-20-38-65(81(66)86-82(67)73)61-36-16-14-24-51(61)2/h13-28,33-49,56-57,85H,7-12,29-32H2,1-6H3. The Morgan fingerprint density at radius 2 is 0.733 bits per heavy atom. The molecule has 0 atom stereocenters. The summed E-state index contributed by atoms with van der Waals surface area (Å²) in [5.74, 6) is 1.05. The van der Waals surface area contributed by atoms with Gasteiger partial charge >= 0.3 is 0 Å². The highest BCUT2D eigenvalue weighted by Crippen LogP contribution is 2.56. The van der Waals surface area contributed by atoms with Crippen molar-refractivity contribution in [2.24, 2.45) is 0 Å². The average molecular weight is 1120 g/mol. The maximum atomic E-state index is 13.3. The van der Waals surface area contributed by atoms with Gasteiger partial charge in [-0.25, -0.2) is 0 Å². The summed E-state index contributed by atoms with van der Waals surface area (Å²) in [6.07, 6.45) is 12.0. The van der Waals surface area contributed by atoms with Gasteiger partial charge in [0.1, 0.15) is 11.3 Å². The van der Waals surface area contributed by atoms with Crippen molar-refractivity contribution in [2.75, 3.05) is 9.80 Å². The van der Waals surface area contributed by atoms with Crippen molar-refractivity contribution in [3.63, 3.8) is 0 Å². The second kappa shape index (κ2) is 21.7. The lowest BCUT2D eigenvalue weighted by molar-refractivity contribution is 0.445. The molecule has 0 saturated heterocycles. The molecule has 4 heteroatoms. The molecule has 0 bridgehead atoms. The fourth-order valence-electron chi connectivity index (χ4n) is 15.7. The molecular formula is C82H74N2O2. The van der Waals surface area contributed by atoms with Gasteiger partial charge < -0.3 is 19.3 Å². The molecule has 0 unspecified atom stereocenters. The monoisotopic (exact) mass is 1120 g/mol. The van der Waals surface area contributed by atoms with E-state index in [1.807, 2.05) is 0 Å². The van der Waals surface area contributed by atoms with E-state index in [-0.39, 0.29) is 5.75 Å². The molecule has 0 amide bonds. The quantitative estimate of drug-likeness (QED) is 0.131. The minimum Gasteiger partial charge on any atom is -0.505 e. The predicted molar refractivity (Wildman–Crippen MR) is 365 cm³/mol. The van der Waals surface area contributed by atoms with E-state index in [2.05, 4.69) is 252 Å². The summed E-state index contributed by atoms with van der Waals surface area (Å²) in [6.45, 7) is 13.4. The summed E-state index contributed by atoms with van der Waals surface area (Å²) in [7, 11) is 0. The van der Waals surface area contributed by atoms with E-state index in [1.54, 1.807) is 0 Å². The second-order valence-corrected chi connectivity index (χ2v) is 25.2. The molecule has 12 aromatic carbocycles. The molecule has 424 valence electrons. The maximum absolute atomic E-state index is 13.3. The van der Waals surface area contributed by atoms with Crippen LogP contribution in [0.4, 0.5) is 34.1 Å². The number of aryl methyl sites for hydroxylation is 6. The number of nitrogens with zero attached hydrogens (tertiary/aromatic N) is 2. The zero-order chi connectivity index (χ0) is 58.3.